The predicted octanol–water partition coefficient (Wildman–Crippen LogP) is 6.91. The Hall–Kier alpha value is -3.76. The summed E-state index contributed by atoms with van der Waals surface area (Å²) in [6.07, 6.45) is 0. The van der Waals surface area contributed by atoms with Crippen LogP contribution in [0.3, 0.4) is 0 Å². The minimum atomic E-state index is 0.167. The molecule has 6 aromatic rings. The average molecular weight is 408 g/mol. The summed E-state index contributed by atoms with van der Waals surface area (Å²) >= 11 is 6.31. The zero-order valence-electron chi connectivity index (χ0n) is 15.7. The SMILES string of the molecule is Clc1nc(-c2ccccc2)nc(-c2cccc3ccc4oc5ccccc5c4c23)n1. The molecule has 4 nitrogen and oxygen atoms in total. The molecule has 0 saturated carbocycles. The second-order valence-corrected chi connectivity index (χ2v) is 7.40. The number of aromatic nitrogens is 3. The molecule has 0 radical (unpaired) electrons. The van der Waals surface area contributed by atoms with Crippen molar-refractivity contribution in [1.29, 1.82) is 0 Å². The van der Waals surface area contributed by atoms with E-state index in [1.165, 1.54) is 0 Å². The second-order valence-electron chi connectivity index (χ2n) is 7.06. The summed E-state index contributed by atoms with van der Waals surface area (Å²) < 4.78 is 6.09. The fourth-order valence-electron chi connectivity index (χ4n) is 3.97. The van der Waals surface area contributed by atoms with Crippen molar-refractivity contribution in [1.82, 2.24) is 15.0 Å². The lowest BCUT2D eigenvalue weighted by Crippen LogP contribution is -1.97. The highest BCUT2D eigenvalue weighted by Gasteiger charge is 2.17. The van der Waals surface area contributed by atoms with Gasteiger partial charge in [-0.15, -0.1) is 0 Å². The first-order valence-electron chi connectivity index (χ1n) is 9.58. The van der Waals surface area contributed by atoms with Gasteiger partial charge < -0.3 is 4.42 Å². The Kier molecular flexibility index (Phi) is 3.79. The molecule has 0 N–H and O–H groups in total. The Bertz CT molecular complexity index is 1560. The van der Waals surface area contributed by atoms with E-state index in [9.17, 15) is 0 Å². The van der Waals surface area contributed by atoms with Crippen LogP contribution in [0.4, 0.5) is 0 Å². The Labute approximate surface area is 176 Å². The van der Waals surface area contributed by atoms with Gasteiger partial charge in [0, 0.05) is 27.3 Å². The fraction of sp³-hybridized carbons (Fsp3) is 0. The van der Waals surface area contributed by atoms with Gasteiger partial charge in [0.1, 0.15) is 11.2 Å². The quantitative estimate of drug-likeness (QED) is 0.313. The second kappa shape index (κ2) is 6.65. The summed E-state index contributed by atoms with van der Waals surface area (Å²) in [5.74, 6) is 1.09. The lowest BCUT2D eigenvalue weighted by Gasteiger charge is -2.09. The van der Waals surface area contributed by atoms with Crippen molar-refractivity contribution in [2.75, 3.05) is 0 Å². The van der Waals surface area contributed by atoms with Gasteiger partial charge >= 0.3 is 0 Å². The third-order valence-corrected chi connectivity index (χ3v) is 5.43. The zero-order chi connectivity index (χ0) is 20.1. The summed E-state index contributed by atoms with van der Waals surface area (Å²) in [4.78, 5) is 13.6. The van der Waals surface area contributed by atoms with Crippen LogP contribution in [0.25, 0.3) is 55.5 Å². The van der Waals surface area contributed by atoms with E-state index in [0.29, 0.717) is 11.6 Å². The molecule has 0 aliphatic rings. The highest BCUT2D eigenvalue weighted by Crippen LogP contribution is 2.39. The van der Waals surface area contributed by atoms with Crippen molar-refractivity contribution >= 4 is 44.3 Å². The minimum absolute atomic E-state index is 0.167. The van der Waals surface area contributed by atoms with Gasteiger partial charge in [0.15, 0.2) is 11.6 Å². The molecule has 5 heteroatoms. The van der Waals surface area contributed by atoms with Crippen molar-refractivity contribution in [3.63, 3.8) is 0 Å². The van der Waals surface area contributed by atoms with E-state index in [0.717, 1.165) is 43.8 Å². The number of para-hydroxylation sites is 1. The Morgan fingerprint density at radius 1 is 0.600 bits per heavy atom. The number of fused-ring (bicyclic) bond motifs is 5. The van der Waals surface area contributed by atoms with Crippen LogP contribution in [0.2, 0.25) is 5.28 Å². The molecule has 6 rings (SSSR count). The van der Waals surface area contributed by atoms with E-state index in [-0.39, 0.29) is 5.28 Å². The molecule has 0 bridgehead atoms. The van der Waals surface area contributed by atoms with Gasteiger partial charge in [0.05, 0.1) is 0 Å². The molecule has 142 valence electrons. The van der Waals surface area contributed by atoms with Gasteiger partial charge in [-0.05, 0) is 29.1 Å². The van der Waals surface area contributed by atoms with Crippen molar-refractivity contribution < 1.29 is 4.42 Å². The first-order chi connectivity index (χ1) is 14.8. The van der Waals surface area contributed by atoms with Crippen molar-refractivity contribution in [3.05, 3.63) is 90.2 Å². The molecule has 0 atom stereocenters. The maximum atomic E-state index is 6.31. The van der Waals surface area contributed by atoms with E-state index in [2.05, 4.69) is 28.2 Å². The minimum Gasteiger partial charge on any atom is -0.456 e. The number of halogens is 1. The zero-order valence-corrected chi connectivity index (χ0v) is 16.5. The van der Waals surface area contributed by atoms with Crippen LogP contribution in [0.15, 0.2) is 89.3 Å². The Morgan fingerprint density at radius 3 is 2.30 bits per heavy atom. The van der Waals surface area contributed by atoms with Crippen LogP contribution in [0.1, 0.15) is 0 Å². The van der Waals surface area contributed by atoms with Crippen LogP contribution in [-0.2, 0) is 0 Å². The van der Waals surface area contributed by atoms with Gasteiger partial charge in [0.25, 0.3) is 0 Å². The molecule has 30 heavy (non-hydrogen) atoms. The van der Waals surface area contributed by atoms with Crippen LogP contribution < -0.4 is 0 Å². The maximum absolute atomic E-state index is 6.31. The first kappa shape index (κ1) is 17.1. The molecule has 2 aromatic heterocycles. The molecular weight excluding hydrogens is 394 g/mol. The molecule has 0 amide bonds. The average Bonchev–Trinajstić information content (AvgIpc) is 3.18. The molecule has 0 fully saturated rings. The smallest absolute Gasteiger partial charge is 0.226 e. The summed E-state index contributed by atoms with van der Waals surface area (Å²) in [5, 5.41) is 4.41. The molecule has 0 spiro atoms. The molecule has 0 aliphatic carbocycles. The van der Waals surface area contributed by atoms with E-state index < -0.39 is 0 Å². The molecule has 4 aromatic carbocycles. The first-order valence-corrected chi connectivity index (χ1v) is 9.96. The number of rotatable bonds is 2. The van der Waals surface area contributed by atoms with Crippen LogP contribution in [0, 0.1) is 0 Å². The van der Waals surface area contributed by atoms with E-state index in [1.807, 2.05) is 66.7 Å². The van der Waals surface area contributed by atoms with E-state index >= 15 is 0 Å². The number of furan rings is 1. The summed E-state index contributed by atoms with van der Waals surface area (Å²) in [6.45, 7) is 0. The largest absolute Gasteiger partial charge is 0.456 e. The van der Waals surface area contributed by atoms with Crippen LogP contribution in [0.5, 0.6) is 0 Å². The van der Waals surface area contributed by atoms with Crippen molar-refractivity contribution in [2.24, 2.45) is 0 Å². The van der Waals surface area contributed by atoms with Gasteiger partial charge in [-0.2, -0.15) is 9.97 Å². The highest BCUT2D eigenvalue weighted by molar-refractivity contribution is 6.28. The Balaban J connectivity index is 1.70. The van der Waals surface area contributed by atoms with Crippen molar-refractivity contribution in [3.8, 4) is 22.8 Å². The summed E-state index contributed by atoms with van der Waals surface area (Å²) in [6, 6.07) is 28.0. The standard InChI is InChI=1S/C25H14ClN3O/c26-25-28-23(16-7-2-1-3-8-16)27-24(29-25)18-11-6-9-15-13-14-20-22(21(15)18)17-10-4-5-12-19(17)30-20/h1-14H. The Morgan fingerprint density at radius 2 is 1.40 bits per heavy atom. The molecule has 2 heterocycles. The van der Waals surface area contributed by atoms with Gasteiger partial charge in [-0.3, -0.25) is 0 Å². The normalized spacial score (nSPS) is 11.5. The lowest BCUT2D eigenvalue weighted by atomic mass is 9.98. The summed E-state index contributed by atoms with van der Waals surface area (Å²) in [5.41, 5.74) is 3.47. The van der Waals surface area contributed by atoms with Crippen LogP contribution in [-0.4, -0.2) is 15.0 Å². The summed E-state index contributed by atoms with van der Waals surface area (Å²) in [7, 11) is 0. The van der Waals surface area contributed by atoms with Crippen molar-refractivity contribution in [2.45, 2.75) is 0 Å². The van der Waals surface area contributed by atoms with Gasteiger partial charge in [0.2, 0.25) is 5.28 Å². The topological polar surface area (TPSA) is 51.8 Å². The van der Waals surface area contributed by atoms with Gasteiger partial charge in [-0.25, -0.2) is 4.98 Å². The number of hydrogen-bond donors (Lipinski definition) is 0. The highest BCUT2D eigenvalue weighted by atomic mass is 35.5. The number of benzene rings is 4. The number of nitrogens with zero attached hydrogens (tertiary/aromatic N) is 3. The van der Waals surface area contributed by atoms with E-state index in [1.54, 1.807) is 0 Å². The molecule has 0 saturated heterocycles. The molecule has 0 unspecified atom stereocenters. The third kappa shape index (κ3) is 2.65. The maximum Gasteiger partial charge on any atom is 0.226 e. The van der Waals surface area contributed by atoms with Crippen LogP contribution >= 0.6 is 11.6 Å². The van der Waals surface area contributed by atoms with E-state index in [4.69, 9.17) is 21.0 Å². The monoisotopic (exact) mass is 407 g/mol. The molecule has 0 aliphatic heterocycles. The lowest BCUT2D eigenvalue weighted by molar-refractivity contribution is 0.669. The number of hydrogen-bond acceptors (Lipinski definition) is 4. The van der Waals surface area contributed by atoms with Gasteiger partial charge in [-0.1, -0.05) is 72.8 Å². The third-order valence-electron chi connectivity index (χ3n) is 5.26. The fourth-order valence-corrected chi connectivity index (χ4v) is 4.13. The molecular formula is C25H14ClN3O. The predicted molar refractivity (Wildman–Crippen MR) is 120 cm³/mol.